The molecule has 88 valence electrons. The van der Waals surface area contributed by atoms with Gasteiger partial charge in [-0.2, -0.15) is 0 Å². The highest BCUT2D eigenvalue weighted by atomic mass is 16.6. The van der Waals surface area contributed by atoms with Crippen LogP contribution in [0.2, 0.25) is 0 Å². The predicted octanol–water partition coefficient (Wildman–Crippen LogP) is -0.0943. The van der Waals surface area contributed by atoms with E-state index in [9.17, 15) is 20.0 Å². The number of esters is 1. The lowest BCUT2D eigenvalue weighted by Gasteiger charge is -2.26. The van der Waals surface area contributed by atoms with Gasteiger partial charge in [-0.05, 0) is 19.2 Å². The average Bonchev–Trinajstić information content (AvgIpc) is 2.17. The van der Waals surface area contributed by atoms with Crippen molar-refractivity contribution in [3.63, 3.8) is 0 Å². The van der Waals surface area contributed by atoms with Crippen LogP contribution in [0.4, 0.5) is 0 Å². The van der Waals surface area contributed by atoms with Crippen LogP contribution in [0.1, 0.15) is 13.3 Å². The maximum Gasteiger partial charge on any atom is 0.311 e. The molecule has 0 saturated carbocycles. The lowest BCUT2D eigenvalue weighted by atomic mass is 10.0. The number of aliphatic hydroxyl groups is 1. The van der Waals surface area contributed by atoms with Crippen LogP contribution in [0.25, 0.3) is 0 Å². The Balaban J connectivity index is 2.83. The molecule has 0 aromatic carbocycles. The number of carbonyl (C=O) groups is 1. The fourth-order valence-electron chi connectivity index (χ4n) is 1.31. The maximum absolute atomic E-state index is 11.2. The van der Waals surface area contributed by atoms with Crippen molar-refractivity contribution in [2.75, 3.05) is 6.61 Å². The molecule has 1 unspecified atom stereocenters. The fraction of sp³-hybridized carbons (Fsp3) is 0.444. The molecule has 1 aliphatic rings. The second-order valence-corrected chi connectivity index (χ2v) is 3.15. The summed E-state index contributed by atoms with van der Waals surface area (Å²) in [5.74, 6) is -0.708. The zero-order chi connectivity index (χ0) is 12.2. The fourth-order valence-corrected chi connectivity index (χ4v) is 1.31. The summed E-state index contributed by atoms with van der Waals surface area (Å²) in [5.41, 5.74) is -2.49. The van der Waals surface area contributed by atoms with Crippen LogP contribution in [-0.4, -0.2) is 28.3 Å². The van der Waals surface area contributed by atoms with Crippen molar-refractivity contribution in [2.24, 2.45) is 0 Å². The van der Waals surface area contributed by atoms with Crippen LogP contribution in [-0.2, 0) is 9.53 Å². The summed E-state index contributed by atoms with van der Waals surface area (Å²) < 4.78 is 4.63. The molecule has 0 fully saturated rings. The van der Waals surface area contributed by atoms with Crippen LogP contribution >= 0.6 is 0 Å². The number of nitrogens with one attached hydrogen (secondary N) is 1. The topological polar surface area (TPSA) is 102 Å². The summed E-state index contributed by atoms with van der Waals surface area (Å²) in [7, 11) is 0. The second kappa shape index (κ2) is 4.75. The molecule has 0 amide bonds. The molecule has 0 aromatic rings. The number of carbonyl (C=O) groups excluding carboxylic acids is 1. The number of dihydropyridines is 1. The minimum Gasteiger partial charge on any atom is -0.466 e. The van der Waals surface area contributed by atoms with Gasteiger partial charge < -0.3 is 15.2 Å². The summed E-state index contributed by atoms with van der Waals surface area (Å²) >= 11 is 0. The van der Waals surface area contributed by atoms with Gasteiger partial charge in [-0.25, -0.2) is 0 Å². The normalized spacial score (nSPS) is 23.2. The number of allylic oxidation sites excluding steroid dienone is 2. The van der Waals surface area contributed by atoms with Crippen LogP contribution in [0, 0.1) is 10.1 Å². The lowest BCUT2D eigenvalue weighted by Crippen LogP contribution is -2.49. The number of ether oxygens (including phenoxy) is 1. The molecular formula is C9H12N2O5. The lowest BCUT2D eigenvalue weighted by molar-refractivity contribution is -0.446. The van der Waals surface area contributed by atoms with Gasteiger partial charge in [0.05, 0.1) is 11.5 Å². The second-order valence-electron chi connectivity index (χ2n) is 3.15. The van der Waals surface area contributed by atoms with Crippen molar-refractivity contribution in [3.05, 3.63) is 34.2 Å². The number of nitrogens with zero attached hydrogens (tertiary/aromatic N) is 1. The Bertz CT molecular complexity index is 363. The van der Waals surface area contributed by atoms with Gasteiger partial charge in [0.1, 0.15) is 6.42 Å². The quantitative estimate of drug-likeness (QED) is 0.396. The van der Waals surface area contributed by atoms with Crippen LogP contribution in [0.15, 0.2) is 24.0 Å². The number of rotatable bonds is 4. The monoisotopic (exact) mass is 228 g/mol. The zero-order valence-electron chi connectivity index (χ0n) is 8.67. The van der Waals surface area contributed by atoms with Crippen molar-refractivity contribution in [1.29, 1.82) is 0 Å². The van der Waals surface area contributed by atoms with Crippen molar-refractivity contribution in [1.82, 2.24) is 5.32 Å². The highest BCUT2D eigenvalue weighted by Gasteiger charge is 2.43. The Hall–Kier alpha value is -1.89. The first-order chi connectivity index (χ1) is 7.49. The van der Waals surface area contributed by atoms with Crippen LogP contribution in [0.5, 0.6) is 0 Å². The molecule has 0 saturated heterocycles. The number of hydrogen-bond acceptors (Lipinski definition) is 6. The van der Waals surface area contributed by atoms with E-state index >= 15 is 0 Å². The summed E-state index contributed by atoms with van der Waals surface area (Å²) in [5, 5.41) is 23.0. The van der Waals surface area contributed by atoms with Gasteiger partial charge in [-0.3, -0.25) is 14.9 Å². The van der Waals surface area contributed by atoms with Gasteiger partial charge in [0.15, 0.2) is 0 Å². The third-order valence-corrected chi connectivity index (χ3v) is 2.00. The first-order valence-electron chi connectivity index (χ1n) is 4.67. The molecule has 16 heavy (non-hydrogen) atoms. The first kappa shape index (κ1) is 12.2. The predicted molar refractivity (Wildman–Crippen MR) is 53.6 cm³/mol. The average molecular weight is 228 g/mol. The standard InChI is InChI=1S/C9H12N2O5/c1-2-16-8(12)6-9(13)7(11(14)15)4-3-5-10-9/h3-5,10,13H,2,6H2,1H3. The smallest absolute Gasteiger partial charge is 0.311 e. The highest BCUT2D eigenvalue weighted by Crippen LogP contribution is 2.22. The largest absolute Gasteiger partial charge is 0.466 e. The zero-order valence-corrected chi connectivity index (χ0v) is 8.67. The maximum atomic E-state index is 11.2. The Kier molecular flexibility index (Phi) is 3.62. The van der Waals surface area contributed by atoms with Gasteiger partial charge in [0.25, 0.3) is 5.70 Å². The van der Waals surface area contributed by atoms with Gasteiger partial charge >= 0.3 is 5.97 Å². The molecule has 1 rings (SSSR count). The Morgan fingerprint density at radius 3 is 3.00 bits per heavy atom. The molecule has 0 aliphatic carbocycles. The minimum absolute atomic E-state index is 0.155. The van der Waals surface area contributed by atoms with Crippen molar-refractivity contribution in [2.45, 2.75) is 19.1 Å². The Labute approximate surface area is 91.5 Å². The summed E-state index contributed by atoms with van der Waals surface area (Å²) in [6.07, 6.45) is 3.32. The third kappa shape index (κ3) is 2.57. The number of hydrogen-bond donors (Lipinski definition) is 2. The summed E-state index contributed by atoms with van der Waals surface area (Å²) in [6.45, 7) is 1.77. The Morgan fingerprint density at radius 1 is 1.75 bits per heavy atom. The van der Waals surface area contributed by atoms with E-state index in [1.54, 1.807) is 6.92 Å². The van der Waals surface area contributed by atoms with E-state index in [0.29, 0.717) is 0 Å². The van der Waals surface area contributed by atoms with E-state index in [2.05, 4.69) is 10.1 Å². The van der Waals surface area contributed by atoms with E-state index in [1.165, 1.54) is 12.3 Å². The van der Waals surface area contributed by atoms with E-state index in [4.69, 9.17) is 0 Å². The third-order valence-electron chi connectivity index (χ3n) is 2.00. The Morgan fingerprint density at radius 2 is 2.44 bits per heavy atom. The molecule has 7 nitrogen and oxygen atoms in total. The van der Waals surface area contributed by atoms with E-state index in [0.717, 1.165) is 6.08 Å². The van der Waals surface area contributed by atoms with Gasteiger partial charge in [0, 0.05) is 6.08 Å². The SMILES string of the molecule is CCOC(=O)CC1(O)NC=CC=C1[N+](=O)[O-]. The van der Waals surface area contributed by atoms with E-state index < -0.39 is 28.7 Å². The molecule has 0 bridgehead atoms. The first-order valence-corrected chi connectivity index (χ1v) is 4.67. The van der Waals surface area contributed by atoms with Crippen LogP contribution < -0.4 is 5.32 Å². The molecule has 0 aromatic heterocycles. The molecule has 1 atom stereocenters. The molecule has 0 spiro atoms. The molecule has 7 heteroatoms. The molecular weight excluding hydrogens is 216 g/mol. The van der Waals surface area contributed by atoms with Gasteiger partial charge in [-0.15, -0.1) is 0 Å². The molecule has 1 heterocycles. The van der Waals surface area contributed by atoms with Crippen molar-refractivity contribution in [3.8, 4) is 0 Å². The highest BCUT2D eigenvalue weighted by molar-refractivity contribution is 5.71. The minimum atomic E-state index is -2.01. The number of nitro groups is 1. The van der Waals surface area contributed by atoms with E-state index in [1.807, 2.05) is 0 Å². The van der Waals surface area contributed by atoms with Gasteiger partial charge in [-0.1, -0.05) is 0 Å². The van der Waals surface area contributed by atoms with Crippen molar-refractivity contribution >= 4 is 5.97 Å². The summed E-state index contributed by atoms with van der Waals surface area (Å²) in [6, 6.07) is 0. The molecule has 2 N–H and O–H groups in total. The van der Waals surface area contributed by atoms with E-state index in [-0.39, 0.29) is 6.61 Å². The summed E-state index contributed by atoms with van der Waals surface area (Å²) in [4.78, 5) is 21.1. The van der Waals surface area contributed by atoms with Crippen molar-refractivity contribution < 1.29 is 19.6 Å². The van der Waals surface area contributed by atoms with Crippen LogP contribution in [0.3, 0.4) is 0 Å². The molecule has 0 radical (unpaired) electrons. The molecule has 1 aliphatic heterocycles. The van der Waals surface area contributed by atoms with Gasteiger partial charge in [0.2, 0.25) is 5.72 Å².